The molecule has 13 heavy (non-hydrogen) atoms. The van der Waals surface area contributed by atoms with Gasteiger partial charge in [-0.25, -0.2) is 0 Å². The zero-order valence-electron chi connectivity index (χ0n) is 8.73. The van der Waals surface area contributed by atoms with Gasteiger partial charge >= 0.3 is 0 Å². The summed E-state index contributed by atoms with van der Waals surface area (Å²) in [5.41, 5.74) is 0. The first kappa shape index (κ1) is 9.51. The molecule has 0 aromatic carbocycles. The lowest BCUT2D eigenvalue weighted by molar-refractivity contribution is 0.277. The van der Waals surface area contributed by atoms with Crippen LogP contribution in [0.3, 0.4) is 0 Å². The predicted octanol–water partition coefficient (Wildman–Crippen LogP) is 2.96. The number of nitrogens with one attached hydrogen (secondary N) is 1. The summed E-state index contributed by atoms with van der Waals surface area (Å²) in [6.07, 6.45) is 11.9. The van der Waals surface area contributed by atoms with Gasteiger partial charge in [0.2, 0.25) is 0 Å². The third-order valence-corrected chi connectivity index (χ3v) is 3.85. The normalized spacial score (nSPS) is 24.0. The lowest BCUT2D eigenvalue weighted by Crippen LogP contribution is -2.28. The monoisotopic (exact) mass is 181 g/mol. The molecule has 1 N–H and O–H groups in total. The van der Waals surface area contributed by atoms with Crippen molar-refractivity contribution < 1.29 is 0 Å². The molecule has 0 bridgehead atoms. The van der Waals surface area contributed by atoms with Gasteiger partial charge in [-0.1, -0.05) is 25.7 Å². The Morgan fingerprint density at radius 3 is 2.15 bits per heavy atom. The molecule has 0 spiro atoms. The predicted molar refractivity (Wildman–Crippen MR) is 56.8 cm³/mol. The van der Waals surface area contributed by atoms with Gasteiger partial charge in [0, 0.05) is 0 Å². The fourth-order valence-corrected chi connectivity index (χ4v) is 2.30. The third-order valence-electron chi connectivity index (χ3n) is 3.85. The van der Waals surface area contributed by atoms with Crippen molar-refractivity contribution in [3.8, 4) is 0 Å². The molecule has 0 unspecified atom stereocenters. The molecule has 1 heteroatoms. The molecule has 0 heterocycles. The van der Waals surface area contributed by atoms with Gasteiger partial charge in [0.05, 0.1) is 0 Å². The fraction of sp³-hybridized carbons (Fsp3) is 1.00. The van der Waals surface area contributed by atoms with Gasteiger partial charge in [-0.05, 0) is 50.6 Å². The number of rotatable bonds is 6. The van der Waals surface area contributed by atoms with Crippen LogP contribution in [0.2, 0.25) is 0 Å². The van der Waals surface area contributed by atoms with Crippen molar-refractivity contribution in [2.75, 3.05) is 13.1 Å². The summed E-state index contributed by atoms with van der Waals surface area (Å²) >= 11 is 0. The molecule has 2 saturated carbocycles. The Bertz CT molecular complexity index is 120. The van der Waals surface area contributed by atoms with Crippen LogP contribution in [-0.2, 0) is 0 Å². The maximum atomic E-state index is 3.59. The van der Waals surface area contributed by atoms with Crippen LogP contribution in [0.4, 0.5) is 0 Å². The lowest BCUT2D eigenvalue weighted by Gasteiger charge is -2.27. The Hall–Kier alpha value is -0.0400. The summed E-state index contributed by atoms with van der Waals surface area (Å²) in [5, 5.41) is 3.59. The van der Waals surface area contributed by atoms with E-state index in [4.69, 9.17) is 0 Å². The van der Waals surface area contributed by atoms with Crippen molar-refractivity contribution in [1.29, 1.82) is 0 Å². The van der Waals surface area contributed by atoms with Gasteiger partial charge in [0.25, 0.3) is 0 Å². The molecule has 0 atom stereocenters. The van der Waals surface area contributed by atoms with Crippen LogP contribution >= 0.6 is 0 Å². The lowest BCUT2D eigenvalue weighted by atomic mass is 9.82. The minimum atomic E-state index is 1.03. The largest absolute Gasteiger partial charge is 0.316 e. The average molecular weight is 181 g/mol. The topological polar surface area (TPSA) is 12.0 Å². The molecule has 2 fully saturated rings. The quantitative estimate of drug-likeness (QED) is 0.621. The van der Waals surface area contributed by atoms with E-state index in [0.717, 1.165) is 11.8 Å². The molecule has 76 valence electrons. The summed E-state index contributed by atoms with van der Waals surface area (Å²) < 4.78 is 0. The van der Waals surface area contributed by atoms with Gasteiger partial charge < -0.3 is 5.32 Å². The van der Waals surface area contributed by atoms with Crippen LogP contribution in [0.1, 0.15) is 51.4 Å². The Labute approximate surface area is 82.3 Å². The highest BCUT2D eigenvalue weighted by Gasteiger charge is 2.17. The summed E-state index contributed by atoms with van der Waals surface area (Å²) in [6.45, 7) is 2.57. The van der Waals surface area contributed by atoms with E-state index in [0.29, 0.717) is 0 Å². The van der Waals surface area contributed by atoms with Crippen molar-refractivity contribution in [3.63, 3.8) is 0 Å². The van der Waals surface area contributed by atoms with Crippen molar-refractivity contribution in [2.24, 2.45) is 11.8 Å². The van der Waals surface area contributed by atoms with Crippen LogP contribution < -0.4 is 5.32 Å². The third kappa shape index (κ3) is 2.98. The summed E-state index contributed by atoms with van der Waals surface area (Å²) in [7, 11) is 0. The van der Waals surface area contributed by atoms with Crippen molar-refractivity contribution in [2.45, 2.75) is 51.4 Å². The van der Waals surface area contributed by atoms with Gasteiger partial charge in [-0.3, -0.25) is 0 Å². The van der Waals surface area contributed by atoms with E-state index in [1.54, 1.807) is 0 Å². The highest BCUT2D eigenvalue weighted by Crippen LogP contribution is 2.30. The highest BCUT2D eigenvalue weighted by molar-refractivity contribution is 4.72. The van der Waals surface area contributed by atoms with Gasteiger partial charge in [-0.2, -0.15) is 0 Å². The first-order valence-electron chi connectivity index (χ1n) is 6.16. The number of hydrogen-bond donors (Lipinski definition) is 1. The minimum Gasteiger partial charge on any atom is -0.316 e. The highest BCUT2D eigenvalue weighted by atomic mass is 14.9. The molecular weight excluding hydrogens is 158 g/mol. The van der Waals surface area contributed by atoms with E-state index in [1.165, 1.54) is 64.5 Å². The van der Waals surface area contributed by atoms with Crippen LogP contribution in [0.15, 0.2) is 0 Å². The first-order valence-corrected chi connectivity index (χ1v) is 6.16. The summed E-state index contributed by atoms with van der Waals surface area (Å²) in [5.74, 6) is 2.13. The average Bonchev–Trinajstić information content (AvgIpc) is 1.96. The van der Waals surface area contributed by atoms with E-state index in [1.807, 2.05) is 0 Å². The number of hydrogen-bond acceptors (Lipinski definition) is 1. The zero-order valence-corrected chi connectivity index (χ0v) is 8.73. The second-order valence-electron chi connectivity index (χ2n) is 4.94. The first-order chi connectivity index (χ1) is 6.45. The Morgan fingerprint density at radius 2 is 1.62 bits per heavy atom. The van der Waals surface area contributed by atoms with Gasteiger partial charge in [-0.15, -0.1) is 0 Å². The molecule has 0 aromatic rings. The molecule has 2 aliphatic carbocycles. The Morgan fingerprint density at radius 1 is 0.923 bits per heavy atom. The summed E-state index contributed by atoms with van der Waals surface area (Å²) in [4.78, 5) is 0. The van der Waals surface area contributed by atoms with E-state index >= 15 is 0 Å². The van der Waals surface area contributed by atoms with Gasteiger partial charge in [0.1, 0.15) is 0 Å². The van der Waals surface area contributed by atoms with Crippen LogP contribution in [0.5, 0.6) is 0 Å². The van der Waals surface area contributed by atoms with Crippen molar-refractivity contribution in [1.82, 2.24) is 5.32 Å². The van der Waals surface area contributed by atoms with E-state index < -0.39 is 0 Å². The van der Waals surface area contributed by atoms with Crippen LogP contribution in [0, 0.1) is 11.8 Å². The molecule has 1 nitrogen and oxygen atoms in total. The maximum absolute atomic E-state index is 3.59. The van der Waals surface area contributed by atoms with Crippen molar-refractivity contribution in [3.05, 3.63) is 0 Å². The van der Waals surface area contributed by atoms with Crippen LogP contribution in [0.25, 0.3) is 0 Å². The van der Waals surface area contributed by atoms with Crippen molar-refractivity contribution >= 4 is 0 Å². The Kier molecular flexibility index (Phi) is 3.65. The smallest absolute Gasteiger partial charge is 0.00205 e. The van der Waals surface area contributed by atoms with E-state index in [9.17, 15) is 0 Å². The zero-order chi connectivity index (χ0) is 8.93. The molecule has 0 aromatic heterocycles. The molecule has 0 radical (unpaired) electrons. The molecule has 2 aliphatic rings. The molecule has 2 rings (SSSR count). The minimum absolute atomic E-state index is 1.03. The molecule has 0 saturated heterocycles. The molecule has 0 aliphatic heterocycles. The van der Waals surface area contributed by atoms with E-state index in [-0.39, 0.29) is 0 Å². The van der Waals surface area contributed by atoms with Gasteiger partial charge in [0.15, 0.2) is 0 Å². The van der Waals surface area contributed by atoms with E-state index in [2.05, 4.69) is 5.32 Å². The summed E-state index contributed by atoms with van der Waals surface area (Å²) in [6, 6.07) is 0. The molecule has 0 amide bonds. The second-order valence-corrected chi connectivity index (χ2v) is 4.94. The molecular formula is C12H23N. The fourth-order valence-electron chi connectivity index (χ4n) is 2.30. The standard InChI is InChI=1S/C12H23N/c1-4-11(5-1)8-3-9-13-10-12-6-2-7-12/h11-13H,1-10H2. The van der Waals surface area contributed by atoms with Crippen LogP contribution in [-0.4, -0.2) is 13.1 Å². The maximum Gasteiger partial charge on any atom is -0.00205 e. The Balaban J connectivity index is 1.36. The SMILES string of the molecule is C(CNCC1CCC1)CC1CCC1. The second kappa shape index (κ2) is 4.99.